The van der Waals surface area contributed by atoms with Crippen molar-refractivity contribution in [1.82, 2.24) is 19.3 Å². The number of carbonyl (C=O) groups is 1. The van der Waals surface area contributed by atoms with Gasteiger partial charge in [0, 0.05) is 55.1 Å². The molecule has 2 saturated heterocycles. The zero-order valence-electron chi connectivity index (χ0n) is 20.1. The van der Waals surface area contributed by atoms with Crippen LogP contribution in [0.3, 0.4) is 0 Å². The number of rotatable bonds is 8. The van der Waals surface area contributed by atoms with Crippen LogP contribution in [0.15, 0.2) is 48.7 Å². The summed E-state index contributed by atoms with van der Waals surface area (Å²) in [6, 6.07) is 12.7. The molecular weight excluding hydrogens is 467 g/mol. The van der Waals surface area contributed by atoms with Gasteiger partial charge in [-0.25, -0.2) is 9.18 Å². The summed E-state index contributed by atoms with van der Waals surface area (Å²) in [5.41, 5.74) is 3.33. The first-order valence-corrected chi connectivity index (χ1v) is 12.8. The number of likely N-dealkylation sites (tertiary alicyclic amines) is 1. The smallest absolute Gasteiger partial charge is 0.322 e. The highest BCUT2D eigenvalue weighted by atomic mass is 35.5. The monoisotopic (exact) mass is 498 g/mol. The Hall–Kier alpha value is -2.61. The van der Waals surface area contributed by atoms with Crippen LogP contribution in [0, 0.1) is 5.82 Å². The van der Waals surface area contributed by atoms with Crippen molar-refractivity contribution < 1.29 is 13.9 Å². The lowest BCUT2D eigenvalue weighted by Crippen LogP contribution is -2.41. The summed E-state index contributed by atoms with van der Waals surface area (Å²) in [6.45, 7) is 8.10. The normalized spacial score (nSPS) is 17.7. The second kappa shape index (κ2) is 10.6. The van der Waals surface area contributed by atoms with Gasteiger partial charge in [0.05, 0.1) is 5.52 Å². The third kappa shape index (κ3) is 5.17. The molecule has 0 aliphatic carbocycles. The molecule has 0 radical (unpaired) electrons. The van der Waals surface area contributed by atoms with Gasteiger partial charge in [-0.1, -0.05) is 11.6 Å². The number of aromatic nitrogens is 1. The Kier molecular flexibility index (Phi) is 7.27. The van der Waals surface area contributed by atoms with E-state index >= 15 is 0 Å². The number of ether oxygens (including phenoxy) is 1. The molecule has 2 aliphatic rings. The number of hydrogen-bond acceptors (Lipinski definition) is 3. The van der Waals surface area contributed by atoms with Crippen molar-refractivity contribution in [2.45, 2.75) is 25.7 Å². The summed E-state index contributed by atoms with van der Waals surface area (Å²) in [4.78, 5) is 18.7. The lowest BCUT2D eigenvalue weighted by Gasteiger charge is -2.33. The molecule has 2 aromatic carbocycles. The van der Waals surface area contributed by atoms with E-state index in [-0.39, 0.29) is 11.8 Å². The van der Waals surface area contributed by atoms with Gasteiger partial charge < -0.3 is 19.1 Å². The summed E-state index contributed by atoms with van der Waals surface area (Å²) in [6.07, 6.45) is 4.31. The van der Waals surface area contributed by atoms with Gasteiger partial charge in [-0.2, -0.15) is 0 Å². The molecule has 3 aromatic rings. The zero-order chi connectivity index (χ0) is 24.4. The number of halogens is 2. The molecule has 0 unspecified atom stereocenters. The van der Waals surface area contributed by atoms with E-state index in [1.165, 1.54) is 17.7 Å². The van der Waals surface area contributed by atoms with Crippen LogP contribution in [0.4, 0.5) is 9.18 Å². The SMILES string of the molecule is CCOCN1CCN(CCN2CCC(c3cn(-c4ccc(F)cc4)c4ccc(Cl)cc34)CC2)C1=O. The molecule has 35 heavy (non-hydrogen) atoms. The first kappa shape index (κ1) is 24.1. The lowest BCUT2D eigenvalue weighted by atomic mass is 9.89. The van der Waals surface area contributed by atoms with Crippen molar-refractivity contribution in [3.63, 3.8) is 0 Å². The van der Waals surface area contributed by atoms with Gasteiger partial charge in [0.25, 0.3) is 0 Å². The third-order valence-corrected chi connectivity index (χ3v) is 7.48. The van der Waals surface area contributed by atoms with Crippen molar-refractivity contribution in [3.8, 4) is 5.69 Å². The average Bonchev–Trinajstić information content (AvgIpc) is 3.42. The fourth-order valence-electron chi connectivity index (χ4n) is 5.26. The van der Waals surface area contributed by atoms with Gasteiger partial charge in [0.1, 0.15) is 12.5 Å². The van der Waals surface area contributed by atoms with E-state index in [0.29, 0.717) is 19.3 Å². The summed E-state index contributed by atoms with van der Waals surface area (Å²) in [5, 5.41) is 1.89. The number of carbonyl (C=O) groups excluding carboxylic acids is 1. The van der Waals surface area contributed by atoms with Crippen LogP contribution < -0.4 is 0 Å². The number of hydrogen-bond donors (Lipinski definition) is 0. The highest BCUT2D eigenvalue weighted by Crippen LogP contribution is 2.37. The number of amides is 2. The molecule has 0 saturated carbocycles. The van der Waals surface area contributed by atoms with Gasteiger partial charge >= 0.3 is 6.03 Å². The fraction of sp³-hybridized carbons (Fsp3) is 0.444. The van der Waals surface area contributed by atoms with Crippen LogP contribution >= 0.6 is 11.6 Å². The maximum Gasteiger partial charge on any atom is 0.322 e. The predicted octanol–water partition coefficient (Wildman–Crippen LogP) is 5.33. The maximum absolute atomic E-state index is 13.5. The molecule has 0 atom stereocenters. The third-order valence-electron chi connectivity index (χ3n) is 7.25. The van der Waals surface area contributed by atoms with E-state index in [1.807, 2.05) is 42.2 Å². The Bertz CT molecular complexity index is 1170. The minimum atomic E-state index is -0.238. The van der Waals surface area contributed by atoms with Crippen LogP contribution in [-0.2, 0) is 4.74 Å². The Balaban J connectivity index is 1.24. The summed E-state index contributed by atoms with van der Waals surface area (Å²) in [7, 11) is 0. The molecular formula is C27H32ClFN4O2. The van der Waals surface area contributed by atoms with Gasteiger partial charge in [-0.3, -0.25) is 4.90 Å². The summed E-state index contributed by atoms with van der Waals surface area (Å²) >= 11 is 6.37. The van der Waals surface area contributed by atoms with Gasteiger partial charge in [0.15, 0.2) is 0 Å². The van der Waals surface area contributed by atoms with Crippen LogP contribution in [-0.4, -0.2) is 77.9 Å². The number of piperidine rings is 1. The van der Waals surface area contributed by atoms with E-state index in [0.717, 1.165) is 73.7 Å². The van der Waals surface area contributed by atoms with E-state index in [2.05, 4.69) is 15.7 Å². The van der Waals surface area contributed by atoms with Crippen molar-refractivity contribution in [2.75, 3.05) is 52.6 Å². The quantitative estimate of drug-likeness (QED) is 0.421. The van der Waals surface area contributed by atoms with Crippen LogP contribution in [0.1, 0.15) is 31.2 Å². The van der Waals surface area contributed by atoms with Gasteiger partial charge in [0.2, 0.25) is 0 Å². The number of nitrogens with zero attached hydrogens (tertiary/aromatic N) is 4. The molecule has 0 N–H and O–H groups in total. The standard InChI is InChI=1S/C27H32ClFN4O2/c1-2-35-19-32-16-15-31(27(32)34)14-13-30-11-9-20(10-12-30)25-18-33(23-6-4-22(29)5-7-23)26-8-3-21(28)17-24(25)26/h3-8,17-18,20H,2,9-16,19H2,1H3. The summed E-state index contributed by atoms with van der Waals surface area (Å²) < 4.78 is 21.0. The molecule has 2 aliphatic heterocycles. The minimum Gasteiger partial charge on any atom is -0.361 e. The van der Waals surface area contributed by atoms with E-state index < -0.39 is 0 Å². The van der Waals surface area contributed by atoms with E-state index in [1.54, 1.807) is 4.90 Å². The molecule has 5 rings (SSSR count). The lowest BCUT2D eigenvalue weighted by molar-refractivity contribution is 0.0632. The largest absolute Gasteiger partial charge is 0.361 e. The second-order valence-electron chi connectivity index (χ2n) is 9.36. The zero-order valence-corrected chi connectivity index (χ0v) is 20.9. The van der Waals surface area contributed by atoms with Crippen molar-refractivity contribution >= 4 is 28.5 Å². The highest BCUT2D eigenvalue weighted by Gasteiger charge is 2.29. The van der Waals surface area contributed by atoms with Crippen LogP contribution in [0.25, 0.3) is 16.6 Å². The molecule has 0 bridgehead atoms. The number of fused-ring (bicyclic) bond motifs is 1. The molecule has 0 spiro atoms. The Morgan fingerprint density at radius 3 is 2.49 bits per heavy atom. The molecule has 3 heterocycles. The van der Waals surface area contributed by atoms with Crippen LogP contribution in [0.2, 0.25) is 5.02 Å². The molecule has 8 heteroatoms. The van der Waals surface area contributed by atoms with E-state index in [4.69, 9.17) is 16.3 Å². The minimum absolute atomic E-state index is 0.0822. The van der Waals surface area contributed by atoms with E-state index in [9.17, 15) is 9.18 Å². The van der Waals surface area contributed by atoms with Gasteiger partial charge in [-0.15, -0.1) is 0 Å². The Morgan fingerprint density at radius 2 is 1.74 bits per heavy atom. The van der Waals surface area contributed by atoms with Crippen molar-refractivity contribution in [1.29, 1.82) is 0 Å². The Morgan fingerprint density at radius 1 is 1.00 bits per heavy atom. The first-order chi connectivity index (χ1) is 17.0. The average molecular weight is 499 g/mol. The first-order valence-electron chi connectivity index (χ1n) is 12.4. The van der Waals surface area contributed by atoms with Crippen molar-refractivity contribution in [3.05, 3.63) is 65.1 Å². The molecule has 6 nitrogen and oxygen atoms in total. The molecule has 186 valence electrons. The topological polar surface area (TPSA) is 41.0 Å². The number of benzene rings is 2. The maximum atomic E-state index is 13.5. The van der Waals surface area contributed by atoms with Crippen molar-refractivity contribution in [2.24, 2.45) is 0 Å². The van der Waals surface area contributed by atoms with Gasteiger partial charge in [-0.05, 0) is 86.8 Å². The molecule has 2 fully saturated rings. The fourth-order valence-corrected chi connectivity index (χ4v) is 5.43. The highest BCUT2D eigenvalue weighted by molar-refractivity contribution is 6.31. The second-order valence-corrected chi connectivity index (χ2v) is 9.80. The van der Waals surface area contributed by atoms with Crippen LogP contribution in [0.5, 0.6) is 0 Å². The predicted molar refractivity (Wildman–Crippen MR) is 137 cm³/mol. The number of urea groups is 1. The summed E-state index contributed by atoms with van der Waals surface area (Å²) in [5.74, 6) is 0.197. The molecule has 1 aromatic heterocycles. The molecule has 2 amide bonds. The Labute approximate surface area is 210 Å².